The first-order valence-corrected chi connectivity index (χ1v) is 6.29. The Kier molecular flexibility index (Phi) is 4.16. The summed E-state index contributed by atoms with van der Waals surface area (Å²) in [5.74, 6) is -0.460. The van der Waals surface area contributed by atoms with Crippen LogP contribution >= 0.6 is 0 Å². The third-order valence-corrected chi connectivity index (χ3v) is 3.44. The molecule has 1 amide bonds. The second-order valence-corrected chi connectivity index (χ2v) is 4.50. The normalized spacial score (nSPS) is 20.4. The van der Waals surface area contributed by atoms with E-state index in [9.17, 15) is 9.59 Å². The predicted octanol–water partition coefficient (Wildman–Crippen LogP) is 0.721. The smallest absolute Gasteiger partial charge is 0.333 e. The number of rotatable bonds is 4. The first-order valence-electron chi connectivity index (χ1n) is 6.29. The summed E-state index contributed by atoms with van der Waals surface area (Å²) in [5, 5.41) is 2.96. The van der Waals surface area contributed by atoms with Gasteiger partial charge in [-0.2, -0.15) is 0 Å². The molecule has 0 saturated carbocycles. The molecule has 5 heteroatoms. The second kappa shape index (κ2) is 5.84. The van der Waals surface area contributed by atoms with Crippen molar-refractivity contribution in [3.8, 4) is 0 Å². The maximum absolute atomic E-state index is 12.2. The van der Waals surface area contributed by atoms with Crippen molar-refractivity contribution < 1.29 is 14.3 Å². The molecule has 1 saturated heterocycles. The van der Waals surface area contributed by atoms with Crippen molar-refractivity contribution in [2.24, 2.45) is 0 Å². The van der Waals surface area contributed by atoms with Crippen molar-refractivity contribution >= 4 is 11.9 Å². The van der Waals surface area contributed by atoms with Crippen molar-refractivity contribution in [2.45, 2.75) is 18.5 Å². The zero-order valence-corrected chi connectivity index (χ0v) is 11.1. The molecule has 2 rings (SSSR count). The number of amides is 1. The van der Waals surface area contributed by atoms with E-state index in [1.165, 1.54) is 7.11 Å². The number of hydrogen-bond donors (Lipinski definition) is 1. The molecular weight excluding hydrogens is 244 g/mol. The molecule has 1 aliphatic rings. The largest absolute Gasteiger partial charge is 0.467 e. The first-order chi connectivity index (χ1) is 9.19. The van der Waals surface area contributed by atoms with Crippen LogP contribution in [0.2, 0.25) is 0 Å². The minimum absolute atomic E-state index is 0.0539. The van der Waals surface area contributed by atoms with Crippen LogP contribution in [-0.2, 0) is 14.3 Å². The van der Waals surface area contributed by atoms with Gasteiger partial charge in [0.2, 0.25) is 5.91 Å². The topological polar surface area (TPSA) is 58.6 Å². The Morgan fingerprint density at radius 1 is 1.42 bits per heavy atom. The number of esters is 1. The Labute approximate surface area is 112 Å². The molecule has 1 aromatic carbocycles. The molecule has 2 unspecified atom stereocenters. The minimum Gasteiger partial charge on any atom is -0.467 e. The van der Waals surface area contributed by atoms with E-state index in [0.29, 0.717) is 13.0 Å². The molecule has 2 atom stereocenters. The number of likely N-dealkylation sites (N-methyl/N-ethyl adjacent to an activating group) is 1. The zero-order valence-electron chi connectivity index (χ0n) is 11.1. The first kappa shape index (κ1) is 13.5. The molecule has 102 valence electrons. The lowest BCUT2D eigenvalue weighted by molar-refractivity contribution is -0.151. The average molecular weight is 262 g/mol. The SMILES string of the molecule is CNC1CCN(C(C(=O)OC)c2ccccc2)C1=O. The Morgan fingerprint density at radius 2 is 2.11 bits per heavy atom. The average Bonchev–Trinajstić information content (AvgIpc) is 2.81. The molecule has 1 N–H and O–H groups in total. The van der Waals surface area contributed by atoms with Crippen molar-refractivity contribution in [3.63, 3.8) is 0 Å². The lowest BCUT2D eigenvalue weighted by atomic mass is 10.1. The molecule has 1 heterocycles. The summed E-state index contributed by atoms with van der Waals surface area (Å²) in [6.45, 7) is 0.555. The van der Waals surface area contributed by atoms with Crippen molar-refractivity contribution in [1.82, 2.24) is 10.2 Å². The van der Waals surface area contributed by atoms with Crippen LogP contribution in [0.5, 0.6) is 0 Å². The number of benzene rings is 1. The van der Waals surface area contributed by atoms with Gasteiger partial charge in [-0.3, -0.25) is 4.79 Å². The maximum Gasteiger partial charge on any atom is 0.333 e. The maximum atomic E-state index is 12.2. The van der Waals surface area contributed by atoms with E-state index in [2.05, 4.69) is 5.32 Å². The fourth-order valence-corrected chi connectivity index (χ4v) is 2.42. The Balaban J connectivity index is 2.30. The molecule has 0 aromatic heterocycles. The van der Waals surface area contributed by atoms with E-state index < -0.39 is 12.0 Å². The minimum atomic E-state index is -0.656. The summed E-state index contributed by atoms with van der Waals surface area (Å²) in [6.07, 6.45) is 0.704. The van der Waals surface area contributed by atoms with Gasteiger partial charge in [0.1, 0.15) is 0 Å². The van der Waals surface area contributed by atoms with Gasteiger partial charge in [0, 0.05) is 6.54 Å². The van der Waals surface area contributed by atoms with Gasteiger partial charge in [0.25, 0.3) is 0 Å². The third-order valence-electron chi connectivity index (χ3n) is 3.44. The number of likely N-dealkylation sites (tertiary alicyclic amines) is 1. The summed E-state index contributed by atoms with van der Waals surface area (Å²) in [4.78, 5) is 25.8. The van der Waals surface area contributed by atoms with E-state index in [-0.39, 0.29) is 11.9 Å². The van der Waals surface area contributed by atoms with Crippen LogP contribution < -0.4 is 5.32 Å². The molecule has 0 spiro atoms. The van der Waals surface area contributed by atoms with Crippen LogP contribution in [0.25, 0.3) is 0 Å². The van der Waals surface area contributed by atoms with Crippen molar-refractivity contribution in [3.05, 3.63) is 35.9 Å². The lowest BCUT2D eigenvalue weighted by Gasteiger charge is -2.26. The summed E-state index contributed by atoms with van der Waals surface area (Å²) >= 11 is 0. The number of methoxy groups -OCH3 is 1. The van der Waals surface area contributed by atoms with Crippen molar-refractivity contribution in [2.75, 3.05) is 20.7 Å². The molecular formula is C14H18N2O3. The van der Waals surface area contributed by atoms with E-state index in [4.69, 9.17) is 4.74 Å². The van der Waals surface area contributed by atoms with Crippen LogP contribution in [0.3, 0.4) is 0 Å². The highest BCUT2D eigenvalue weighted by Gasteiger charge is 2.39. The van der Waals surface area contributed by atoms with Gasteiger partial charge < -0.3 is 15.0 Å². The molecule has 1 fully saturated rings. The number of ether oxygens (including phenoxy) is 1. The quantitative estimate of drug-likeness (QED) is 0.812. The molecule has 0 aliphatic carbocycles. The summed E-state index contributed by atoms with van der Waals surface area (Å²) in [5.41, 5.74) is 0.777. The summed E-state index contributed by atoms with van der Waals surface area (Å²) in [7, 11) is 3.09. The Bertz CT molecular complexity index is 461. The number of nitrogens with zero attached hydrogens (tertiary/aromatic N) is 1. The van der Waals surface area contributed by atoms with Crippen LogP contribution in [0.1, 0.15) is 18.0 Å². The Hall–Kier alpha value is -1.88. The number of nitrogens with one attached hydrogen (secondary N) is 1. The van der Waals surface area contributed by atoms with Crippen LogP contribution in [0.15, 0.2) is 30.3 Å². The molecule has 19 heavy (non-hydrogen) atoms. The van der Waals surface area contributed by atoms with Crippen LogP contribution in [0.4, 0.5) is 0 Å². The van der Waals surface area contributed by atoms with Gasteiger partial charge in [-0.05, 0) is 19.0 Å². The highest BCUT2D eigenvalue weighted by atomic mass is 16.5. The van der Waals surface area contributed by atoms with Crippen molar-refractivity contribution in [1.29, 1.82) is 0 Å². The van der Waals surface area contributed by atoms with E-state index in [0.717, 1.165) is 5.56 Å². The van der Waals surface area contributed by atoms with E-state index in [1.807, 2.05) is 30.3 Å². The zero-order chi connectivity index (χ0) is 13.8. The highest BCUT2D eigenvalue weighted by molar-refractivity contribution is 5.89. The van der Waals surface area contributed by atoms with Gasteiger partial charge in [0.15, 0.2) is 6.04 Å². The number of carbonyl (C=O) groups is 2. The Morgan fingerprint density at radius 3 is 2.63 bits per heavy atom. The monoisotopic (exact) mass is 262 g/mol. The summed E-state index contributed by atoms with van der Waals surface area (Å²) in [6, 6.07) is 8.37. The predicted molar refractivity (Wildman–Crippen MR) is 70.4 cm³/mol. The van der Waals surface area contributed by atoms with Gasteiger partial charge in [-0.15, -0.1) is 0 Å². The highest BCUT2D eigenvalue weighted by Crippen LogP contribution is 2.27. The molecule has 0 radical (unpaired) electrons. The second-order valence-electron chi connectivity index (χ2n) is 4.50. The van der Waals surface area contributed by atoms with Gasteiger partial charge in [-0.1, -0.05) is 30.3 Å². The molecule has 0 bridgehead atoms. The fraction of sp³-hybridized carbons (Fsp3) is 0.429. The van der Waals surface area contributed by atoms with Crippen LogP contribution in [-0.4, -0.2) is 43.5 Å². The van der Waals surface area contributed by atoms with E-state index >= 15 is 0 Å². The molecule has 5 nitrogen and oxygen atoms in total. The number of hydrogen-bond acceptors (Lipinski definition) is 4. The third kappa shape index (κ3) is 2.61. The van der Waals surface area contributed by atoms with Gasteiger partial charge >= 0.3 is 5.97 Å². The van der Waals surface area contributed by atoms with Gasteiger partial charge in [0.05, 0.1) is 13.2 Å². The molecule has 1 aromatic rings. The van der Waals surface area contributed by atoms with Crippen LogP contribution in [0, 0.1) is 0 Å². The van der Waals surface area contributed by atoms with Gasteiger partial charge in [-0.25, -0.2) is 4.79 Å². The summed E-state index contributed by atoms with van der Waals surface area (Å²) < 4.78 is 4.84. The number of carbonyl (C=O) groups excluding carboxylic acids is 2. The standard InChI is InChI=1S/C14H18N2O3/c1-15-11-8-9-16(13(11)17)12(14(18)19-2)10-6-4-3-5-7-10/h3-7,11-12,15H,8-9H2,1-2H3. The molecule has 1 aliphatic heterocycles. The fourth-order valence-electron chi connectivity index (χ4n) is 2.42. The van der Waals surface area contributed by atoms with E-state index in [1.54, 1.807) is 11.9 Å². The lowest BCUT2D eigenvalue weighted by Crippen LogP contribution is -2.41.